The van der Waals surface area contributed by atoms with Gasteiger partial charge in [-0.2, -0.15) is 9.61 Å². The van der Waals surface area contributed by atoms with Crippen LogP contribution < -0.4 is 9.64 Å². The quantitative estimate of drug-likeness (QED) is 0.562. The molecular weight excluding hydrogens is 328 g/mol. The number of hydrogen-bond donors (Lipinski definition) is 1. The van der Waals surface area contributed by atoms with Gasteiger partial charge in [-0.1, -0.05) is 0 Å². The second-order valence-corrected chi connectivity index (χ2v) is 5.63. The lowest BCUT2D eigenvalue weighted by Gasteiger charge is -2.20. The van der Waals surface area contributed by atoms with E-state index in [0.29, 0.717) is 29.5 Å². The summed E-state index contributed by atoms with van der Waals surface area (Å²) in [6, 6.07) is 10.3. The van der Waals surface area contributed by atoms with Gasteiger partial charge in [-0.3, -0.25) is 0 Å². The normalized spacial score (nSPS) is 10.8. The Balaban J connectivity index is 2.11. The van der Waals surface area contributed by atoms with Crippen molar-refractivity contribution in [3.8, 4) is 5.75 Å². The molecular formula is C16H16N4O3S. The smallest absolute Gasteiger partial charge is 0.417 e. The zero-order chi connectivity index (χ0) is 17.1. The van der Waals surface area contributed by atoms with Crippen molar-refractivity contribution in [3.63, 3.8) is 0 Å². The third-order valence-corrected chi connectivity index (χ3v) is 3.98. The van der Waals surface area contributed by atoms with Crippen LogP contribution in [-0.4, -0.2) is 38.7 Å². The van der Waals surface area contributed by atoms with Crippen LogP contribution >= 0.6 is 11.8 Å². The molecule has 24 heavy (non-hydrogen) atoms. The van der Waals surface area contributed by atoms with Gasteiger partial charge in [-0.25, -0.2) is 14.7 Å². The predicted molar refractivity (Wildman–Crippen MR) is 92.5 cm³/mol. The summed E-state index contributed by atoms with van der Waals surface area (Å²) >= 11 is 1.44. The second kappa shape index (κ2) is 6.79. The highest BCUT2D eigenvalue weighted by molar-refractivity contribution is 7.98. The topological polar surface area (TPSA) is 80.0 Å². The summed E-state index contributed by atoms with van der Waals surface area (Å²) in [4.78, 5) is 17.5. The van der Waals surface area contributed by atoms with E-state index in [-0.39, 0.29) is 0 Å². The molecule has 2 aromatic heterocycles. The van der Waals surface area contributed by atoms with Crippen molar-refractivity contribution < 1.29 is 14.6 Å². The van der Waals surface area contributed by atoms with E-state index in [9.17, 15) is 9.90 Å². The summed E-state index contributed by atoms with van der Waals surface area (Å²) in [5.74, 6) is 1.10. The van der Waals surface area contributed by atoms with E-state index in [4.69, 9.17) is 4.74 Å². The summed E-state index contributed by atoms with van der Waals surface area (Å²) < 4.78 is 6.91. The van der Waals surface area contributed by atoms with Gasteiger partial charge in [0, 0.05) is 12.1 Å². The first-order chi connectivity index (χ1) is 11.6. The van der Waals surface area contributed by atoms with E-state index in [1.165, 1.54) is 21.2 Å². The van der Waals surface area contributed by atoms with Crippen molar-refractivity contribution in [2.24, 2.45) is 0 Å². The minimum Gasteiger partial charge on any atom is -0.494 e. The van der Waals surface area contributed by atoms with Crippen LogP contribution in [-0.2, 0) is 0 Å². The van der Waals surface area contributed by atoms with Crippen molar-refractivity contribution in [1.29, 1.82) is 0 Å². The number of benzene rings is 1. The van der Waals surface area contributed by atoms with Crippen molar-refractivity contribution in [3.05, 3.63) is 42.6 Å². The maximum Gasteiger partial charge on any atom is 0.417 e. The maximum absolute atomic E-state index is 11.9. The molecule has 3 aromatic rings. The number of anilines is 2. The van der Waals surface area contributed by atoms with Crippen LogP contribution in [0.5, 0.6) is 5.75 Å². The first-order valence-corrected chi connectivity index (χ1v) is 8.51. The fourth-order valence-corrected chi connectivity index (χ4v) is 2.75. The summed E-state index contributed by atoms with van der Waals surface area (Å²) in [6.45, 7) is 2.45. The number of nitrogens with zero attached hydrogens (tertiary/aromatic N) is 4. The fourth-order valence-electron chi connectivity index (χ4n) is 2.34. The highest BCUT2D eigenvalue weighted by atomic mass is 32.2. The molecule has 1 amide bonds. The number of amides is 1. The standard InChI is InChI=1S/C16H16N4O3S/c1-3-23-12-6-4-11(5-7-12)19(16(21)22)15-10-14(24-2)18-13-8-9-17-20(13)15/h4-10H,3H2,1-2H3,(H,21,22). The molecule has 3 rings (SSSR count). The van der Waals surface area contributed by atoms with Gasteiger partial charge < -0.3 is 9.84 Å². The molecule has 0 aliphatic heterocycles. The number of ether oxygens (including phenoxy) is 1. The Morgan fingerprint density at radius 2 is 2.08 bits per heavy atom. The third kappa shape index (κ3) is 3.00. The lowest BCUT2D eigenvalue weighted by molar-refractivity contribution is 0.204. The molecule has 0 fully saturated rings. The lowest BCUT2D eigenvalue weighted by atomic mass is 10.2. The Bertz CT molecular complexity index is 863. The van der Waals surface area contributed by atoms with Crippen LogP contribution in [0.1, 0.15) is 6.92 Å². The molecule has 1 aromatic carbocycles. The minimum atomic E-state index is -1.10. The van der Waals surface area contributed by atoms with Gasteiger partial charge in [0.15, 0.2) is 5.65 Å². The number of carbonyl (C=O) groups is 1. The molecule has 0 unspecified atom stereocenters. The second-order valence-electron chi connectivity index (χ2n) is 4.80. The predicted octanol–water partition coefficient (Wildman–Crippen LogP) is 3.67. The van der Waals surface area contributed by atoms with Gasteiger partial charge in [0.25, 0.3) is 0 Å². The summed E-state index contributed by atoms with van der Waals surface area (Å²) in [5, 5.41) is 14.6. The van der Waals surface area contributed by atoms with Crippen LogP contribution in [0.3, 0.4) is 0 Å². The Labute approximate surface area is 142 Å². The summed E-state index contributed by atoms with van der Waals surface area (Å²) in [5.41, 5.74) is 1.09. The average molecular weight is 344 g/mol. The molecule has 0 spiro atoms. The number of fused-ring (bicyclic) bond motifs is 1. The molecule has 0 saturated carbocycles. The molecule has 1 N–H and O–H groups in total. The number of carboxylic acid groups (broad SMARTS) is 1. The molecule has 0 saturated heterocycles. The van der Waals surface area contributed by atoms with Gasteiger partial charge in [-0.05, 0) is 37.4 Å². The van der Waals surface area contributed by atoms with E-state index in [1.54, 1.807) is 42.6 Å². The van der Waals surface area contributed by atoms with E-state index in [1.807, 2.05) is 13.2 Å². The van der Waals surface area contributed by atoms with Gasteiger partial charge in [0.1, 0.15) is 16.6 Å². The van der Waals surface area contributed by atoms with E-state index in [2.05, 4.69) is 10.1 Å². The fraction of sp³-hybridized carbons (Fsp3) is 0.188. The van der Waals surface area contributed by atoms with Crippen LogP contribution in [0, 0.1) is 0 Å². The highest BCUT2D eigenvalue weighted by Gasteiger charge is 2.21. The average Bonchev–Trinajstić information content (AvgIpc) is 3.05. The molecule has 0 atom stereocenters. The zero-order valence-electron chi connectivity index (χ0n) is 13.2. The van der Waals surface area contributed by atoms with Crippen LogP contribution in [0.4, 0.5) is 16.3 Å². The first kappa shape index (κ1) is 16.1. The summed E-state index contributed by atoms with van der Waals surface area (Å²) in [7, 11) is 0. The Morgan fingerprint density at radius 3 is 2.71 bits per heavy atom. The molecule has 0 aliphatic rings. The van der Waals surface area contributed by atoms with Crippen molar-refractivity contribution >= 4 is 35.0 Å². The van der Waals surface area contributed by atoms with Crippen LogP contribution in [0.15, 0.2) is 47.6 Å². The number of thioether (sulfide) groups is 1. The largest absolute Gasteiger partial charge is 0.494 e. The van der Waals surface area contributed by atoms with Gasteiger partial charge in [0.05, 0.1) is 18.5 Å². The summed E-state index contributed by atoms with van der Waals surface area (Å²) in [6.07, 6.45) is 2.38. The Hall–Kier alpha value is -2.74. The van der Waals surface area contributed by atoms with Crippen molar-refractivity contribution in [2.75, 3.05) is 17.8 Å². The molecule has 8 heteroatoms. The van der Waals surface area contributed by atoms with Crippen molar-refractivity contribution in [1.82, 2.24) is 14.6 Å². The number of rotatable bonds is 5. The Morgan fingerprint density at radius 1 is 1.33 bits per heavy atom. The monoisotopic (exact) mass is 344 g/mol. The minimum absolute atomic E-state index is 0.408. The molecule has 124 valence electrons. The maximum atomic E-state index is 11.9. The highest BCUT2D eigenvalue weighted by Crippen LogP contribution is 2.30. The van der Waals surface area contributed by atoms with Crippen LogP contribution in [0.25, 0.3) is 5.65 Å². The van der Waals surface area contributed by atoms with Crippen LogP contribution in [0.2, 0.25) is 0 Å². The van der Waals surface area contributed by atoms with E-state index < -0.39 is 6.09 Å². The number of hydrogen-bond acceptors (Lipinski definition) is 5. The molecule has 2 heterocycles. The molecule has 0 aliphatic carbocycles. The molecule has 0 bridgehead atoms. The molecule has 0 radical (unpaired) electrons. The van der Waals surface area contributed by atoms with E-state index >= 15 is 0 Å². The van der Waals surface area contributed by atoms with E-state index in [0.717, 1.165) is 5.03 Å². The molecule has 7 nitrogen and oxygen atoms in total. The van der Waals surface area contributed by atoms with Gasteiger partial charge in [-0.15, -0.1) is 11.8 Å². The zero-order valence-corrected chi connectivity index (χ0v) is 14.0. The third-order valence-electron chi connectivity index (χ3n) is 3.35. The lowest BCUT2D eigenvalue weighted by Crippen LogP contribution is -2.26. The number of aromatic nitrogens is 3. The van der Waals surface area contributed by atoms with Gasteiger partial charge in [0.2, 0.25) is 0 Å². The first-order valence-electron chi connectivity index (χ1n) is 7.28. The van der Waals surface area contributed by atoms with Gasteiger partial charge >= 0.3 is 6.09 Å². The SMILES string of the molecule is CCOc1ccc(N(C(=O)O)c2cc(SC)nc3ccnn23)cc1. The van der Waals surface area contributed by atoms with Crippen molar-refractivity contribution in [2.45, 2.75) is 11.9 Å². The Kier molecular flexibility index (Phi) is 4.57.